The lowest BCUT2D eigenvalue weighted by molar-refractivity contribution is -0.120. The standard InChI is InChI=1S/C25H29N7O3/c1-25(2,27)23(33)29-18-12-28-24(30-17-10-16(26)20(34-4)11-21(17)35-5)31-22(18)15-13-32(3)19-9-7-6-8-14(15)19/h6-13H,26-27H2,1-5H3,(H,29,33)(H,28,30,31). The van der Waals surface area contributed by atoms with Crippen molar-refractivity contribution < 1.29 is 14.3 Å². The lowest BCUT2D eigenvalue weighted by Crippen LogP contribution is -2.45. The molecule has 0 atom stereocenters. The Labute approximate surface area is 203 Å². The third-order valence-corrected chi connectivity index (χ3v) is 5.57. The molecule has 0 spiro atoms. The molecule has 2 aromatic heterocycles. The summed E-state index contributed by atoms with van der Waals surface area (Å²) in [5.41, 5.74) is 14.8. The summed E-state index contributed by atoms with van der Waals surface area (Å²) in [5.74, 6) is 0.939. The van der Waals surface area contributed by atoms with Crippen molar-refractivity contribution in [1.29, 1.82) is 0 Å². The van der Waals surface area contributed by atoms with E-state index in [2.05, 4.69) is 15.6 Å². The molecule has 4 aromatic rings. The highest BCUT2D eigenvalue weighted by Crippen LogP contribution is 2.37. The van der Waals surface area contributed by atoms with Crippen LogP contribution in [0.4, 0.5) is 23.0 Å². The van der Waals surface area contributed by atoms with Gasteiger partial charge in [0.15, 0.2) is 0 Å². The molecule has 6 N–H and O–H groups in total. The Hall–Kier alpha value is -4.31. The Morgan fingerprint density at radius 1 is 1.09 bits per heavy atom. The molecule has 0 bridgehead atoms. The highest BCUT2D eigenvalue weighted by molar-refractivity contribution is 6.03. The summed E-state index contributed by atoms with van der Waals surface area (Å²) < 4.78 is 12.8. The zero-order valence-electron chi connectivity index (χ0n) is 20.3. The van der Waals surface area contributed by atoms with Crippen molar-refractivity contribution in [3.8, 4) is 22.8 Å². The average molecular weight is 476 g/mol. The number of anilines is 4. The Balaban J connectivity index is 1.83. The lowest BCUT2D eigenvalue weighted by atomic mass is 10.1. The number of aromatic nitrogens is 3. The van der Waals surface area contributed by atoms with E-state index in [9.17, 15) is 4.79 Å². The smallest absolute Gasteiger partial charge is 0.243 e. The summed E-state index contributed by atoms with van der Waals surface area (Å²) in [5, 5.41) is 7.02. The average Bonchev–Trinajstić information content (AvgIpc) is 3.16. The fourth-order valence-corrected chi connectivity index (χ4v) is 3.69. The maximum atomic E-state index is 12.7. The molecule has 182 valence electrons. The van der Waals surface area contributed by atoms with E-state index < -0.39 is 5.54 Å². The molecule has 2 aromatic carbocycles. The quantitative estimate of drug-likeness (QED) is 0.297. The van der Waals surface area contributed by atoms with Crippen LogP contribution in [0.1, 0.15) is 13.8 Å². The predicted molar refractivity (Wildman–Crippen MR) is 138 cm³/mol. The van der Waals surface area contributed by atoms with Crippen LogP contribution in [0.2, 0.25) is 0 Å². The minimum Gasteiger partial charge on any atom is -0.494 e. The Morgan fingerprint density at radius 2 is 1.80 bits per heavy atom. The van der Waals surface area contributed by atoms with Crippen LogP contribution < -0.4 is 31.6 Å². The molecule has 35 heavy (non-hydrogen) atoms. The van der Waals surface area contributed by atoms with Crippen LogP contribution in [0, 0.1) is 0 Å². The molecule has 1 amide bonds. The number of benzene rings is 2. The first kappa shape index (κ1) is 23.8. The Kier molecular flexibility index (Phi) is 6.23. The maximum absolute atomic E-state index is 12.7. The number of amides is 1. The minimum absolute atomic E-state index is 0.292. The highest BCUT2D eigenvalue weighted by Gasteiger charge is 2.25. The number of nitrogen functional groups attached to an aromatic ring is 1. The summed E-state index contributed by atoms with van der Waals surface area (Å²) in [6.07, 6.45) is 3.52. The second-order valence-electron chi connectivity index (χ2n) is 8.72. The second-order valence-corrected chi connectivity index (χ2v) is 8.72. The van der Waals surface area contributed by atoms with E-state index in [1.54, 1.807) is 39.3 Å². The predicted octanol–water partition coefficient (Wildman–Crippen LogP) is 3.65. The lowest BCUT2D eigenvalue weighted by Gasteiger charge is -2.19. The van der Waals surface area contributed by atoms with Gasteiger partial charge in [0.05, 0.1) is 43.0 Å². The Bertz CT molecular complexity index is 1410. The van der Waals surface area contributed by atoms with E-state index in [0.29, 0.717) is 40.2 Å². The second kappa shape index (κ2) is 9.15. The minimum atomic E-state index is -1.08. The van der Waals surface area contributed by atoms with Crippen molar-refractivity contribution in [1.82, 2.24) is 14.5 Å². The molecular formula is C25H29N7O3. The van der Waals surface area contributed by atoms with Crippen LogP contribution in [0.15, 0.2) is 48.8 Å². The zero-order valence-corrected chi connectivity index (χ0v) is 20.3. The number of fused-ring (bicyclic) bond motifs is 1. The van der Waals surface area contributed by atoms with Gasteiger partial charge in [-0.05, 0) is 26.0 Å². The molecule has 4 rings (SSSR count). The van der Waals surface area contributed by atoms with Crippen LogP contribution >= 0.6 is 0 Å². The van der Waals surface area contributed by atoms with E-state index >= 15 is 0 Å². The van der Waals surface area contributed by atoms with Gasteiger partial charge in [0, 0.05) is 35.8 Å². The van der Waals surface area contributed by atoms with Gasteiger partial charge >= 0.3 is 0 Å². The topological polar surface area (TPSA) is 142 Å². The van der Waals surface area contributed by atoms with Gasteiger partial charge < -0.3 is 36.1 Å². The summed E-state index contributed by atoms with van der Waals surface area (Å²) in [6.45, 7) is 3.27. The maximum Gasteiger partial charge on any atom is 0.243 e. The largest absolute Gasteiger partial charge is 0.494 e. The number of methoxy groups -OCH3 is 2. The first-order valence-corrected chi connectivity index (χ1v) is 10.9. The van der Waals surface area contributed by atoms with Crippen molar-refractivity contribution in [3.63, 3.8) is 0 Å². The van der Waals surface area contributed by atoms with Crippen molar-refractivity contribution >= 4 is 39.8 Å². The van der Waals surface area contributed by atoms with E-state index in [-0.39, 0.29) is 5.91 Å². The molecule has 2 heterocycles. The number of nitrogens with zero attached hydrogens (tertiary/aromatic N) is 3. The SMILES string of the molecule is COc1cc(OC)c(Nc2ncc(NC(=O)C(C)(C)N)c(-c3cn(C)c4ccccc34)n2)cc1N. The normalized spacial score (nSPS) is 11.4. The van der Waals surface area contributed by atoms with Crippen molar-refractivity contribution in [2.75, 3.05) is 30.6 Å². The third kappa shape index (κ3) is 4.69. The summed E-state index contributed by atoms with van der Waals surface area (Å²) in [4.78, 5) is 21.9. The number of nitrogens with two attached hydrogens (primary N) is 2. The first-order chi connectivity index (χ1) is 16.6. The molecule has 0 aliphatic rings. The molecule has 0 fully saturated rings. The van der Waals surface area contributed by atoms with Gasteiger partial charge in [0.1, 0.15) is 17.2 Å². The van der Waals surface area contributed by atoms with E-state index in [4.69, 9.17) is 25.9 Å². The van der Waals surface area contributed by atoms with Gasteiger partial charge in [-0.15, -0.1) is 0 Å². The number of aryl methyl sites for hydroxylation is 1. The van der Waals surface area contributed by atoms with Crippen LogP contribution in [0.5, 0.6) is 11.5 Å². The van der Waals surface area contributed by atoms with Crippen molar-refractivity contribution in [2.45, 2.75) is 19.4 Å². The fraction of sp³-hybridized carbons (Fsp3) is 0.240. The fourth-order valence-electron chi connectivity index (χ4n) is 3.69. The molecule has 0 saturated carbocycles. The molecule has 0 radical (unpaired) electrons. The van der Waals surface area contributed by atoms with Crippen molar-refractivity contribution in [3.05, 3.63) is 48.8 Å². The number of carbonyl (C=O) groups is 1. The molecule has 10 heteroatoms. The summed E-state index contributed by atoms with van der Waals surface area (Å²) in [6, 6.07) is 11.3. The van der Waals surface area contributed by atoms with Gasteiger partial charge in [-0.25, -0.2) is 9.97 Å². The number of carbonyl (C=O) groups excluding carboxylic acids is 1. The monoisotopic (exact) mass is 475 g/mol. The number of ether oxygens (including phenoxy) is 2. The van der Waals surface area contributed by atoms with E-state index in [0.717, 1.165) is 16.5 Å². The van der Waals surface area contributed by atoms with Gasteiger partial charge in [-0.1, -0.05) is 18.2 Å². The van der Waals surface area contributed by atoms with Crippen LogP contribution in [0.3, 0.4) is 0 Å². The Morgan fingerprint density at radius 3 is 2.49 bits per heavy atom. The van der Waals surface area contributed by atoms with E-state index in [1.165, 1.54) is 7.11 Å². The number of nitrogens with one attached hydrogen (secondary N) is 2. The molecule has 0 unspecified atom stereocenters. The summed E-state index contributed by atoms with van der Waals surface area (Å²) >= 11 is 0. The van der Waals surface area contributed by atoms with Gasteiger partial charge in [-0.2, -0.15) is 0 Å². The third-order valence-electron chi connectivity index (χ3n) is 5.57. The van der Waals surface area contributed by atoms with Crippen LogP contribution in [-0.2, 0) is 11.8 Å². The molecule has 0 aliphatic heterocycles. The molecular weight excluding hydrogens is 446 g/mol. The van der Waals surface area contributed by atoms with Crippen molar-refractivity contribution in [2.24, 2.45) is 12.8 Å². The van der Waals surface area contributed by atoms with Gasteiger partial charge in [0.25, 0.3) is 0 Å². The molecule has 10 nitrogen and oxygen atoms in total. The van der Waals surface area contributed by atoms with Gasteiger partial charge in [0.2, 0.25) is 11.9 Å². The van der Waals surface area contributed by atoms with E-state index in [1.807, 2.05) is 42.1 Å². The number of hydrogen-bond acceptors (Lipinski definition) is 8. The first-order valence-electron chi connectivity index (χ1n) is 10.9. The van der Waals surface area contributed by atoms with Crippen LogP contribution in [0.25, 0.3) is 22.2 Å². The number of rotatable bonds is 7. The highest BCUT2D eigenvalue weighted by atomic mass is 16.5. The molecule has 0 saturated heterocycles. The number of para-hydroxylation sites is 1. The van der Waals surface area contributed by atoms with Crippen LogP contribution in [-0.4, -0.2) is 40.2 Å². The number of hydrogen-bond donors (Lipinski definition) is 4. The molecule has 0 aliphatic carbocycles. The van der Waals surface area contributed by atoms with Gasteiger partial charge in [-0.3, -0.25) is 4.79 Å². The summed E-state index contributed by atoms with van der Waals surface area (Å²) in [7, 11) is 5.04. The zero-order chi connectivity index (χ0) is 25.3.